The summed E-state index contributed by atoms with van der Waals surface area (Å²) in [7, 11) is -3.41. The summed E-state index contributed by atoms with van der Waals surface area (Å²) < 4.78 is 33.6. The third kappa shape index (κ3) is 3.16. The van der Waals surface area contributed by atoms with Gasteiger partial charge in [0, 0.05) is 6.20 Å². The Morgan fingerprint density at radius 3 is 2.67 bits per heavy atom. The van der Waals surface area contributed by atoms with Crippen LogP contribution in [0.4, 0.5) is 0 Å². The van der Waals surface area contributed by atoms with Crippen molar-refractivity contribution in [3.8, 4) is 5.88 Å². The Kier molecular flexibility index (Phi) is 4.37. The number of aromatic nitrogens is 1. The second kappa shape index (κ2) is 5.96. The van der Waals surface area contributed by atoms with E-state index in [1.54, 1.807) is 24.4 Å². The number of hydrogen-bond donors (Lipinski definition) is 0. The van der Waals surface area contributed by atoms with Crippen LogP contribution in [0.3, 0.4) is 0 Å². The Morgan fingerprint density at radius 2 is 2.05 bits per heavy atom. The number of nitrogens with zero attached hydrogens (tertiary/aromatic N) is 2. The van der Waals surface area contributed by atoms with Crippen LogP contribution in [0.1, 0.15) is 0 Å². The highest BCUT2D eigenvalue weighted by Gasteiger charge is 2.39. The van der Waals surface area contributed by atoms with Gasteiger partial charge >= 0.3 is 0 Å². The van der Waals surface area contributed by atoms with Crippen LogP contribution in [0.15, 0.2) is 42.9 Å². The first kappa shape index (κ1) is 15.4. The molecule has 0 aliphatic carbocycles. The summed E-state index contributed by atoms with van der Waals surface area (Å²) in [4.78, 5) is 4.11. The molecule has 0 spiro atoms. The van der Waals surface area contributed by atoms with Crippen molar-refractivity contribution in [1.29, 1.82) is 0 Å². The molecular formula is C12H10Br2N2O3S2. The quantitative estimate of drug-likeness (QED) is 0.713. The van der Waals surface area contributed by atoms with Gasteiger partial charge in [0.25, 0.3) is 10.0 Å². The minimum Gasteiger partial charge on any atom is -0.471 e. The summed E-state index contributed by atoms with van der Waals surface area (Å²) in [5, 5.41) is 0. The maximum atomic E-state index is 12.3. The zero-order chi connectivity index (χ0) is 15.0. The van der Waals surface area contributed by atoms with Crippen LogP contribution in [-0.4, -0.2) is 36.9 Å². The molecule has 0 N–H and O–H groups in total. The number of rotatable bonds is 4. The van der Waals surface area contributed by atoms with Gasteiger partial charge in [0.15, 0.2) is 0 Å². The van der Waals surface area contributed by atoms with Crippen LogP contribution in [0.5, 0.6) is 5.88 Å². The predicted octanol–water partition coefficient (Wildman–Crippen LogP) is 3.12. The van der Waals surface area contributed by atoms with Crippen LogP contribution >= 0.6 is 43.2 Å². The molecule has 112 valence electrons. The third-order valence-electron chi connectivity index (χ3n) is 2.96. The predicted molar refractivity (Wildman–Crippen MR) is 87.1 cm³/mol. The number of hydrogen-bond acceptors (Lipinski definition) is 5. The molecule has 9 heteroatoms. The molecular weight excluding hydrogens is 444 g/mol. The van der Waals surface area contributed by atoms with E-state index in [1.165, 1.54) is 15.6 Å². The molecule has 1 saturated heterocycles. The van der Waals surface area contributed by atoms with Crippen molar-refractivity contribution in [1.82, 2.24) is 9.29 Å². The zero-order valence-corrected chi connectivity index (χ0v) is 15.4. The topological polar surface area (TPSA) is 59.5 Å². The monoisotopic (exact) mass is 452 g/mol. The van der Waals surface area contributed by atoms with Gasteiger partial charge in [-0.3, -0.25) is 0 Å². The summed E-state index contributed by atoms with van der Waals surface area (Å²) in [6, 6.07) is 6.96. The van der Waals surface area contributed by atoms with Crippen LogP contribution in [0.2, 0.25) is 0 Å². The van der Waals surface area contributed by atoms with Gasteiger partial charge in [-0.2, -0.15) is 4.31 Å². The molecule has 0 unspecified atom stereocenters. The molecule has 0 radical (unpaired) electrons. The molecule has 0 aromatic carbocycles. The molecule has 0 bridgehead atoms. The molecule has 0 amide bonds. The standard InChI is InChI=1S/C12H10Br2N2O3S2/c13-9-2-1-5-15-12(9)19-8-6-16(7-8)21(17,18)11-4-3-10(14)20-11/h1-5,8H,6-7H2. The van der Waals surface area contributed by atoms with Crippen LogP contribution < -0.4 is 4.74 Å². The molecule has 0 atom stereocenters. The van der Waals surface area contributed by atoms with Crippen LogP contribution in [-0.2, 0) is 10.0 Å². The number of thiophene rings is 1. The van der Waals surface area contributed by atoms with E-state index in [4.69, 9.17) is 4.74 Å². The Morgan fingerprint density at radius 1 is 1.29 bits per heavy atom. The Hall–Kier alpha value is -0.480. The largest absolute Gasteiger partial charge is 0.471 e. The molecule has 5 nitrogen and oxygen atoms in total. The maximum absolute atomic E-state index is 12.3. The van der Waals surface area contributed by atoms with Gasteiger partial charge in [0.2, 0.25) is 5.88 Å². The van der Waals surface area contributed by atoms with Crippen LogP contribution in [0, 0.1) is 0 Å². The SMILES string of the molecule is O=S(=O)(c1ccc(Br)s1)N1CC(Oc2ncccc2Br)C1. The lowest BCUT2D eigenvalue weighted by atomic mass is 10.2. The Labute approximate surface area is 143 Å². The summed E-state index contributed by atoms with van der Waals surface area (Å²) in [6.07, 6.45) is 1.46. The lowest BCUT2D eigenvalue weighted by Crippen LogP contribution is -2.55. The van der Waals surface area contributed by atoms with Crippen molar-refractivity contribution >= 4 is 53.2 Å². The van der Waals surface area contributed by atoms with Crippen LogP contribution in [0.25, 0.3) is 0 Å². The first-order chi connectivity index (χ1) is 9.96. The van der Waals surface area contributed by atoms with E-state index in [0.717, 1.165) is 8.26 Å². The fourth-order valence-corrected chi connectivity index (χ4v) is 5.87. The van der Waals surface area contributed by atoms with Crippen molar-refractivity contribution in [3.63, 3.8) is 0 Å². The fourth-order valence-electron chi connectivity index (χ4n) is 1.85. The molecule has 3 rings (SSSR count). The van der Waals surface area contributed by atoms with Crippen molar-refractivity contribution in [2.75, 3.05) is 13.1 Å². The van der Waals surface area contributed by atoms with Gasteiger partial charge in [0.1, 0.15) is 10.3 Å². The van der Waals surface area contributed by atoms with Gasteiger partial charge in [-0.25, -0.2) is 13.4 Å². The average Bonchev–Trinajstić information content (AvgIpc) is 2.82. The first-order valence-corrected chi connectivity index (χ1v) is 9.84. The number of halogens is 2. The minimum atomic E-state index is -3.41. The average molecular weight is 454 g/mol. The lowest BCUT2D eigenvalue weighted by Gasteiger charge is -2.37. The van der Waals surface area contributed by atoms with Gasteiger partial charge in [-0.05, 0) is 56.1 Å². The summed E-state index contributed by atoms with van der Waals surface area (Å²) in [5.41, 5.74) is 0. The zero-order valence-electron chi connectivity index (χ0n) is 10.6. The second-order valence-electron chi connectivity index (χ2n) is 4.41. The van der Waals surface area contributed by atoms with E-state index < -0.39 is 10.0 Å². The van der Waals surface area contributed by atoms with Crippen molar-refractivity contribution < 1.29 is 13.2 Å². The molecule has 2 aromatic rings. The highest BCUT2D eigenvalue weighted by atomic mass is 79.9. The smallest absolute Gasteiger partial charge is 0.252 e. The summed E-state index contributed by atoms with van der Waals surface area (Å²) in [5.74, 6) is 0.485. The van der Waals surface area contributed by atoms with Crippen molar-refractivity contribution in [3.05, 3.63) is 38.7 Å². The molecule has 1 fully saturated rings. The Bertz CT molecular complexity index is 757. The van der Waals surface area contributed by atoms with Crippen molar-refractivity contribution in [2.24, 2.45) is 0 Å². The van der Waals surface area contributed by atoms with E-state index >= 15 is 0 Å². The third-order valence-corrected chi connectivity index (χ3v) is 7.49. The Balaban J connectivity index is 1.65. The maximum Gasteiger partial charge on any atom is 0.252 e. The number of pyridine rings is 1. The second-order valence-corrected chi connectivity index (χ2v) is 9.89. The van der Waals surface area contributed by atoms with E-state index in [0.29, 0.717) is 23.2 Å². The number of ether oxygens (including phenoxy) is 1. The van der Waals surface area contributed by atoms with E-state index in [-0.39, 0.29) is 6.10 Å². The lowest BCUT2D eigenvalue weighted by molar-refractivity contribution is 0.0715. The summed E-state index contributed by atoms with van der Waals surface area (Å²) >= 11 is 7.83. The molecule has 1 aliphatic heterocycles. The first-order valence-electron chi connectivity index (χ1n) is 5.99. The molecule has 3 heterocycles. The normalized spacial score (nSPS) is 16.7. The molecule has 2 aromatic heterocycles. The number of sulfonamides is 1. The fraction of sp³-hybridized carbons (Fsp3) is 0.250. The van der Waals surface area contributed by atoms with Gasteiger partial charge in [0.05, 0.1) is 21.3 Å². The van der Waals surface area contributed by atoms with Gasteiger partial charge in [-0.15, -0.1) is 11.3 Å². The van der Waals surface area contributed by atoms with E-state index in [2.05, 4.69) is 36.8 Å². The van der Waals surface area contributed by atoms with Gasteiger partial charge in [-0.1, -0.05) is 0 Å². The molecule has 21 heavy (non-hydrogen) atoms. The highest BCUT2D eigenvalue weighted by Crippen LogP contribution is 2.32. The van der Waals surface area contributed by atoms with E-state index in [9.17, 15) is 8.42 Å². The highest BCUT2D eigenvalue weighted by molar-refractivity contribution is 9.11. The summed E-state index contributed by atoms with van der Waals surface area (Å²) in [6.45, 7) is 0.668. The molecule has 1 aliphatic rings. The van der Waals surface area contributed by atoms with Crippen molar-refractivity contribution in [2.45, 2.75) is 10.3 Å². The van der Waals surface area contributed by atoms with E-state index in [1.807, 2.05) is 6.07 Å². The minimum absolute atomic E-state index is 0.172. The van der Waals surface area contributed by atoms with Gasteiger partial charge < -0.3 is 4.74 Å². The molecule has 0 saturated carbocycles.